The molecule has 7 nitrogen and oxygen atoms in total. The van der Waals surface area contributed by atoms with Gasteiger partial charge in [-0.1, -0.05) is 30.7 Å². The molecule has 1 unspecified atom stereocenters. The number of aromatic nitrogens is 4. The van der Waals surface area contributed by atoms with Crippen LogP contribution >= 0.6 is 11.6 Å². The van der Waals surface area contributed by atoms with Gasteiger partial charge in [-0.05, 0) is 35.9 Å². The zero-order chi connectivity index (χ0) is 15.4. The number of hydrogen-bond donors (Lipinski definition) is 1. The standard InChI is InChI=1S/C13H16ClN5O2/c1-3-9(2)15-12(20)8-18-13(21)19(17-16-18)11-7-5-4-6-10(11)14/h4-7,9H,3,8H2,1-2H3,(H,15,20). The number of benzene rings is 1. The Balaban J connectivity index is 2.20. The number of rotatable bonds is 5. The third kappa shape index (κ3) is 3.49. The van der Waals surface area contributed by atoms with E-state index in [0.717, 1.165) is 15.8 Å². The molecular formula is C13H16ClN5O2. The first-order valence-corrected chi connectivity index (χ1v) is 6.97. The van der Waals surface area contributed by atoms with Crippen molar-refractivity contribution in [3.63, 3.8) is 0 Å². The van der Waals surface area contributed by atoms with Gasteiger partial charge in [0, 0.05) is 6.04 Å². The van der Waals surface area contributed by atoms with Crippen LogP contribution in [0.2, 0.25) is 5.02 Å². The number of hydrogen-bond acceptors (Lipinski definition) is 4. The van der Waals surface area contributed by atoms with Gasteiger partial charge in [-0.25, -0.2) is 4.79 Å². The summed E-state index contributed by atoms with van der Waals surface area (Å²) >= 11 is 6.02. The third-order valence-electron chi connectivity index (χ3n) is 3.03. The fourth-order valence-electron chi connectivity index (χ4n) is 1.71. The van der Waals surface area contributed by atoms with E-state index in [1.54, 1.807) is 24.3 Å². The van der Waals surface area contributed by atoms with Crippen LogP contribution in [0, 0.1) is 0 Å². The molecule has 1 heterocycles. The van der Waals surface area contributed by atoms with Crippen molar-refractivity contribution < 1.29 is 4.79 Å². The van der Waals surface area contributed by atoms with Crippen LogP contribution in [0.25, 0.3) is 5.69 Å². The van der Waals surface area contributed by atoms with Crippen molar-refractivity contribution in [1.29, 1.82) is 0 Å². The van der Waals surface area contributed by atoms with Crippen LogP contribution in [0.5, 0.6) is 0 Å². The molecule has 0 aliphatic carbocycles. The fraction of sp³-hybridized carbons (Fsp3) is 0.385. The van der Waals surface area contributed by atoms with Gasteiger partial charge in [0.1, 0.15) is 6.54 Å². The largest absolute Gasteiger partial charge is 0.369 e. The molecule has 1 aromatic heterocycles. The molecule has 1 N–H and O–H groups in total. The predicted octanol–water partition coefficient (Wildman–Crippen LogP) is 0.997. The number of carbonyl (C=O) groups excluding carboxylic acids is 1. The highest BCUT2D eigenvalue weighted by Crippen LogP contribution is 2.16. The molecule has 1 atom stereocenters. The molecule has 0 aliphatic rings. The lowest BCUT2D eigenvalue weighted by Gasteiger charge is -2.10. The van der Waals surface area contributed by atoms with E-state index in [4.69, 9.17) is 11.6 Å². The van der Waals surface area contributed by atoms with E-state index in [0.29, 0.717) is 10.7 Å². The second-order valence-electron chi connectivity index (χ2n) is 4.66. The Labute approximate surface area is 126 Å². The summed E-state index contributed by atoms with van der Waals surface area (Å²) in [6.07, 6.45) is 0.812. The van der Waals surface area contributed by atoms with Gasteiger partial charge in [0.15, 0.2) is 0 Å². The first kappa shape index (κ1) is 15.2. The van der Waals surface area contributed by atoms with E-state index in [-0.39, 0.29) is 18.5 Å². The summed E-state index contributed by atoms with van der Waals surface area (Å²) in [5.74, 6) is -0.280. The lowest BCUT2D eigenvalue weighted by atomic mass is 10.2. The lowest BCUT2D eigenvalue weighted by molar-refractivity contribution is -0.122. The Hall–Kier alpha value is -2.15. The maximum absolute atomic E-state index is 12.2. The summed E-state index contributed by atoms with van der Waals surface area (Å²) in [5, 5.41) is 10.6. The van der Waals surface area contributed by atoms with Gasteiger partial charge in [0.05, 0.1) is 10.7 Å². The Kier molecular flexibility index (Phi) is 4.74. The summed E-state index contributed by atoms with van der Waals surface area (Å²) < 4.78 is 2.07. The highest BCUT2D eigenvalue weighted by molar-refractivity contribution is 6.32. The van der Waals surface area contributed by atoms with E-state index in [1.165, 1.54) is 0 Å². The molecular weight excluding hydrogens is 294 g/mol. The number of carbonyl (C=O) groups is 1. The van der Waals surface area contributed by atoms with Gasteiger partial charge in [0.25, 0.3) is 0 Å². The van der Waals surface area contributed by atoms with Gasteiger partial charge in [-0.15, -0.1) is 0 Å². The second-order valence-corrected chi connectivity index (χ2v) is 5.07. The highest BCUT2D eigenvalue weighted by atomic mass is 35.5. The average molecular weight is 310 g/mol. The fourth-order valence-corrected chi connectivity index (χ4v) is 1.92. The van der Waals surface area contributed by atoms with Gasteiger partial charge in [-0.3, -0.25) is 4.79 Å². The first-order chi connectivity index (χ1) is 10.0. The van der Waals surface area contributed by atoms with Crippen LogP contribution in [0.4, 0.5) is 0 Å². The number of nitrogens with zero attached hydrogens (tertiary/aromatic N) is 4. The summed E-state index contributed by atoms with van der Waals surface area (Å²) in [7, 11) is 0. The maximum atomic E-state index is 12.2. The van der Waals surface area contributed by atoms with E-state index in [1.807, 2.05) is 13.8 Å². The van der Waals surface area contributed by atoms with Crippen molar-refractivity contribution in [2.75, 3.05) is 0 Å². The van der Waals surface area contributed by atoms with Gasteiger partial charge in [-0.2, -0.15) is 9.36 Å². The lowest BCUT2D eigenvalue weighted by Crippen LogP contribution is -2.37. The molecule has 0 saturated carbocycles. The Morgan fingerprint density at radius 1 is 1.38 bits per heavy atom. The summed E-state index contributed by atoms with van der Waals surface area (Å²) in [5.41, 5.74) is -0.0832. The molecule has 1 aromatic carbocycles. The number of para-hydroxylation sites is 1. The van der Waals surface area contributed by atoms with Crippen molar-refractivity contribution in [3.8, 4) is 5.69 Å². The number of tetrazole rings is 1. The molecule has 1 amide bonds. The first-order valence-electron chi connectivity index (χ1n) is 6.60. The molecule has 0 bridgehead atoms. The number of halogens is 1. The van der Waals surface area contributed by atoms with Crippen LogP contribution in [0.1, 0.15) is 20.3 Å². The van der Waals surface area contributed by atoms with Crippen molar-refractivity contribution in [2.45, 2.75) is 32.9 Å². The van der Waals surface area contributed by atoms with Crippen molar-refractivity contribution in [1.82, 2.24) is 25.1 Å². The Bertz CT molecular complexity index is 694. The minimum Gasteiger partial charge on any atom is -0.352 e. The molecule has 2 aromatic rings. The zero-order valence-electron chi connectivity index (χ0n) is 11.8. The predicted molar refractivity (Wildman–Crippen MR) is 78.5 cm³/mol. The average Bonchev–Trinajstić information content (AvgIpc) is 2.80. The van der Waals surface area contributed by atoms with Crippen LogP contribution < -0.4 is 11.0 Å². The minimum absolute atomic E-state index is 0.0480. The Morgan fingerprint density at radius 2 is 2.10 bits per heavy atom. The molecule has 2 rings (SSSR count). The summed E-state index contributed by atoms with van der Waals surface area (Å²) in [6, 6.07) is 6.84. The van der Waals surface area contributed by atoms with Crippen molar-refractivity contribution in [3.05, 3.63) is 39.8 Å². The highest BCUT2D eigenvalue weighted by Gasteiger charge is 2.14. The van der Waals surface area contributed by atoms with Crippen LogP contribution in [0.3, 0.4) is 0 Å². The molecule has 0 radical (unpaired) electrons. The third-order valence-corrected chi connectivity index (χ3v) is 3.35. The molecule has 0 aliphatic heterocycles. The van der Waals surface area contributed by atoms with E-state index >= 15 is 0 Å². The topological polar surface area (TPSA) is 81.8 Å². The van der Waals surface area contributed by atoms with Gasteiger partial charge >= 0.3 is 5.69 Å². The molecule has 8 heteroatoms. The zero-order valence-corrected chi connectivity index (χ0v) is 12.5. The summed E-state index contributed by atoms with van der Waals surface area (Å²) in [4.78, 5) is 23.9. The van der Waals surface area contributed by atoms with Crippen molar-refractivity contribution in [2.24, 2.45) is 0 Å². The van der Waals surface area contributed by atoms with Gasteiger partial charge in [0.2, 0.25) is 5.91 Å². The normalized spacial score (nSPS) is 12.1. The smallest absolute Gasteiger partial charge is 0.352 e. The second kappa shape index (κ2) is 6.53. The van der Waals surface area contributed by atoms with E-state index < -0.39 is 5.69 Å². The summed E-state index contributed by atoms with van der Waals surface area (Å²) in [6.45, 7) is 3.68. The minimum atomic E-state index is -0.512. The monoisotopic (exact) mass is 309 g/mol. The quantitative estimate of drug-likeness (QED) is 0.893. The van der Waals surface area contributed by atoms with E-state index in [2.05, 4.69) is 15.7 Å². The van der Waals surface area contributed by atoms with Crippen LogP contribution in [0.15, 0.2) is 29.1 Å². The molecule has 112 valence electrons. The van der Waals surface area contributed by atoms with Crippen LogP contribution in [-0.2, 0) is 11.3 Å². The molecule has 0 fully saturated rings. The van der Waals surface area contributed by atoms with E-state index in [9.17, 15) is 9.59 Å². The molecule has 0 spiro atoms. The molecule has 0 saturated heterocycles. The van der Waals surface area contributed by atoms with Crippen molar-refractivity contribution >= 4 is 17.5 Å². The number of nitrogens with one attached hydrogen (secondary N) is 1. The maximum Gasteiger partial charge on any atom is 0.369 e. The van der Waals surface area contributed by atoms with Gasteiger partial charge < -0.3 is 5.32 Å². The Morgan fingerprint density at radius 3 is 2.76 bits per heavy atom. The van der Waals surface area contributed by atoms with Crippen LogP contribution in [-0.4, -0.2) is 31.7 Å². The number of amides is 1. The SMILES string of the molecule is CCC(C)NC(=O)Cn1nnn(-c2ccccc2Cl)c1=O. The molecule has 21 heavy (non-hydrogen) atoms.